The summed E-state index contributed by atoms with van der Waals surface area (Å²) in [6.45, 7) is 5.16. The Bertz CT molecular complexity index is 324. The lowest BCUT2D eigenvalue weighted by molar-refractivity contribution is 0.159. The molecule has 1 N–H and O–H groups in total. The molecule has 1 aromatic rings. The summed E-state index contributed by atoms with van der Waals surface area (Å²) >= 11 is 0. The van der Waals surface area contributed by atoms with Gasteiger partial charge in [0, 0.05) is 19.2 Å². The molecule has 0 amide bonds. The van der Waals surface area contributed by atoms with Gasteiger partial charge in [-0.1, -0.05) is 19.1 Å². The number of ether oxygens (including phenoxy) is 2. The van der Waals surface area contributed by atoms with Crippen LogP contribution in [-0.2, 0) is 11.2 Å². The Balaban J connectivity index is 2.44. The molecule has 3 nitrogen and oxygen atoms in total. The summed E-state index contributed by atoms with van der Waals surface area (Å²) in [4.78, 5) is 0. The fraction of sp³-hybridized carbons (Fsp3) is 0.600. The quantitative estimate of drug-likeness (QED) is 0.770. The van der Waals surface area contributed by atoms with Gasteiger partial charge in [0.05, 0.1) is 13.7 Å². The third-order valence-electron chi connectivity index (χ3n) is 3.08. The third kappa shape index (κ3) is 5.07. The van der Waals surface area contributed by atoms with Gasteiger partial charge >= 0.3 is 0 Å². The lowest BCUT2D eigenvalue weighted by atomic mass is 10.1. The van der Waals surface area contributed by atoms with Crippen molar-refractivity contribution in [3.05, 3.63) is 29.8 Å². The third-order valence-corrected chi connectivity index (χ3v) is 3.08. The van der Waals surface area contributed by atoms with E-state index in [1.165, 1.54) is 5.56 Å². The van der Waals surface area contributed by atoms with E-state index < -0.39 is 0 Å². The monoisotopic (exact) mass is 251 g/mol. The van der Waals surface area contributed by atoms with Crippen LogP contribution < -0.4 is 10.1 Å². The molecule has 0 spiro atoms. The molecule has 0 fully saturated rings. The lowest BCUT2D eigenvalue weighted by Crippen LogP contribution is -2.40. The van der Waals surface area contributed by atoms with Crippen molar-refractivity contribution in [3.63, 3.8) is 0 Å². The van der Waals surface area contributed by atoms with E-state index in [1.54, 1.807) is 14.2 Å². The predicted molar refractivity (Wildman–Crippen MR) is 75.3 cm³/mol. The van der Waals surface area contributed by atoms with Crippen LogP contribution in [0.25, 0.3) is 0 Å². The Morgan fingerprint density at radius 3 is 2.33 bits per heavy atom. The van der Waals surface area contributed by atoms with Crippen molar-refractivity contribution in [3.8, 4) is 5.75 Å². The van der Waals surface area contributed by atoms with Gasteiger partial charge in [0.15, 0.2) is 0 Å². The van der Waals surface area contributed by atoms with Crippen LogP contribution in [0.15, 0.2) is 24.3 Å². The maximum absolute atomic E-state index is 5.20. The Morgan fingerprint density at radius 1 is 1.17 bits per heavy atom. The van der Waals surface area contributed by atoms with Crippen molar-refractivity contribution in [2.24, 2.45) is 0 Å². The SMILES string of the molecule is CCC(COC)NC(C)Cc1ccc(OC)cc1. The second-order valence-electron chi connectivity index (χ2n) is 4.68. The maximum atomic E-state index is 5.20. The van der Waals surface area contributed by atoms with Crippen LogP contribution in [0, 0.1) is 0 Å². The molecule has 1 aromatic carbocycles. The van der Waals surface area contributed by atoms with E-state index in [9.17, 15) is 0 Å². The molecule has 0 radical (unpaired) electrons. The lowest BCUT2D eigenvalue weighted by Gasteiger charge is -2.21. The molecular formula is C15H25NO2. The fourth-order valence-electron chi connectivity index (χ4n) is 2.06. The van der Waals surface area contributed by atoms with Crippen molar-refractivity contribution < 1.29 is 9.47 Å². The molecular weight excluding hydrogens is 226 g/mol. The number of benzene rings is 1. The minimum Gasteiger partial charge on any atom is -0.497 e. The number of methoxy groups -OCH3 is 2. The topological polar surface area (TPSA) is 30.5 Å². The van der Waals surface area contributed by atoms with Crippen molar-refractivity contribution >= 4 is 0 Å². The van der Waals surface area contributed by atoms with E-state index in [2.05, 4.69) is 31.3 Å². The van der Waals surface area contributed by atoms with Crippen molar-refractivity contribution in [2.45, 2.75) is 38.8 Å². The highest BCUT2D eigenvalue weighted by Crippen LogP contribution is 2.12. The van der Waals surface area contributed by atoms with Gasteiger partial charge in [-0.15, -0.1) is 0 Å². The summed E-state index contributed by atoms with van der Waals surface area (Å²) < 4.78 is 10.4. The van der Waals surface area contributed by atoms with Crippen LogP contribution in [-0.4, -0.2) is 32.9 Å². The first-order chi connectivity index (χ1) is 8.69. The zero-order valence-electron chi connectivity index (χ0n) is 11.9. The first-order valence-electron chi connectivity index (χ1n) is 6.57. The number of rotatable bonds is 8. The van der Waals surface area contributed by atoms with E-state index in [0.717, 1.165) is 25.2 Å². The molecule has 0 saturated heterocycles. The summed E-state index contributed by atoms with van der Waals surface area (Å²) in [5.74, 6) is 0.908. The predicted octanol–water partition coefficient (Wildman–Crippen LogP) is 2.64. The molecule has 102 valence electrons. The van der Waals surface area contributed by atoms with E-state index >= 15 is 0 Å². The average molecular weight is 251 g/mol. The van der Waals surface area contributed by atoms with Gasteiger partial charge in [0.1, 0.15) is 5.75 Å². The highest BCUT2D eigenvalue weighted by atomic mass is 16.5. The second-order valence-corrected chi connectivity index (χ2v) is 4.68. The Morgan fingerprint density at radius 2 is 1.83 bits per heavy atom. The number of nitrogens with one attached hydrogen (secondary N) is 1. The fourth-order valence-corrected chi connectivity index (χ4v) is 2.06. The van der Waals surface area contributed by atoms with Gasteiger partial charge < -0.3 is 14.8 Å². The Kier molecular flexibility index (Phi) is 6.76. The van der Waals surface area contributed by atoms with E-state index in [0.29, 0.717) is 12.1 Å². The normalized spacial score (nSPS) is 14.2. The van der Waals surface area contributed by atoms with Gasteiger partial charge in [-0.3, -0.25) is 0 Å². The Labute approximate surface area is 110 Å². The van der Waals surface area contributed by atoms with Crippen LogP contribution in [0.5, 0.6) is 5.75 Å². The van der Waals surface area contributed by atoms with Gasteiger partial charge in [-0.2, -0.15) is 0 Å². The molecule has 0 saturated carbocycles. The van der Waals surface area contributed by atoms with Crippen molar-refractivity contribution in [1.29, 1.82) is 0 Å². The number of hydrogen-bond donors (Lipinski definition) is 1. The van der Waals surface area contributed by atoms with Crippen molar-refractivity contribution in [1.82, 2.24) is 5.32 Å². The summed E-state index contributed by atoms with van der Waals surface area (Å²) in [6, 6.07) is 9.13. The van der Waals surface area contributed by atoms with Gasteiger partial charge in [0.25, 0.3) is 0 Å². The molecule has 2 unspecified atom stereocenters. The van der Waals surface area contributed by atoms with E-state index in [-0.39, 0.29) is 0 Å². The minimum atomic E-state index is 0.434. The summed E-state index contributed by atoms with van der Waals surface area (Å²) in [5, 5.41) is 3.59. The standard InChI is InChI=1S/C15H25NO2/c1-5-14(11-17-3)16-12(2)10-13-6-8-15(18-4)9-7-13/h6-9,12,14,16H,5,10-11H2,1-4H3. The highest BCUT2D eigenvalue weighted by molar-refractivity contribution is 5.27. The summed E-state index contributed by atoms with van der Waals surface area (Å²) in [6.07, 6.45) is 2.10. The zero-order valence-corrected chi connectivity index (χ0v) is 11.9. The smallest absolute Gasteiger partial charge is 0.118 e. The van der Waals surface area contributed by atoms with Crippen LogP contribution in [0.3, 0.4) is 0 Å². The molecule has 2 atom stereocenters. The van der Waals surface area contributed by atoms with Gasteiger partial charge in [-0.05, 0) is 37.5 Å². The second kappa shape index (κ2) is 8.11. The van der Waals surface area contributed by atoms with E-state index in [1.807, 2.05) is 12.1 Å². The van der Waals surface area contributed by atoms with Crippen LogP contribution in [0.2, 0.25) is 0 Å². The first-order valence-corrected chi connectivity index (χ1v) is 6.57. The summed E-state index contributed by atoms with van der Waals surface area (Å²) in [7, 11) is 3.44. The first kappa shape index (κ1) is 15.0. The maximum Gasteiger partial charge on any atom is 0.118 e. The highest BCUT2D eigenvalue weighted by Gasteiger charge is 2.10. The van der Waals surface area contributed by atoms with Crippen LogP contribution in [0.4, 0.5) is 0 Å². The largest absolute Gasteiger partial charge is 0.497 e. The summed E-state index contributed by atoms with van der Waals surface area (Å²) in [5.41, 5.74) is 1.32. The minimum absolute atomic E-state index is 0.434. The van der Waals surface area contributed by atoms with Gasteiger partial charge in [-0.25, -0.2) is 0 Å². The van der Waals surface area contributed by atoms with Gasteiger partial charge in [0.2, 0.25) is 0 Å². The molecule has 0 bridgehead atoms. The van der Waals surface area contributed by atoms with E-state index in [4.69, 9.17) is 9.47 Å². The molecule has 0 aromatic heterocycles. The average Bonchev–Trinajstić information content (AvgIpc) is 2.39. The molecule has 0 aliphatic rings. The molecule has 1 rings (SSSR count). The molecule has 0 aliphatic carbocycles. The zero-order chi connectivity index (χ0) is 13.4. The Hall–Kier alpha value is -1.06. The molecule has 0 aliphatic heterocycles. The van der Waals surface area contributed by atoms with Crippen LogP contribution in [0.1, 0.15) is 25.8 Å². The van der Waals surface area contributed by atoms with Crippen molar-refractivity contribution in [2.75, 3.05) is 20.8 Å². The molecule has 3 heteroatoms. The number of hydrogen-bond acceptors (Lipinski definition) is 3. The molecule has 18 heavy (non-hydrogen) atoms. The molecule has 0 heterocycles. The van der Waals surface area contributed by atoms with Crippen LogP contribution >= 0.6 is 0 Å².